The summed E-state index contributed by atoms with van der Waals surface area (Å²) in [6, 6.07) is -0.539. The maximum Gasteiger partial charge on any atom is 0.331 e. The monoisotopic (exact) mass is 280 g/mol. The van der Waals surface area contributed by atoms with E-state index in [2.05, 4.69) is 5.32 Å². The van der Waals surface area contributed by atoms with Crippen molar-refractivity contribution in [2.24, 2.45) is 5.41 Å². The number of imide groups is 2. The molecule has 0 aromatic carbocycles. The van der Waals surface area contributed by atoms with Gasteiger partial charge in [-0.3, -0.25) is 19.8 Å². The van der Waals surface area contributed by atoms with Gasteiger partial charge >= 0.3 is 6.03 Å². The minimum Gasteiger partial charge on any atom is -0.277 e. The maximum absolute atomic E-state index is 12.9. The molecule has 2 aliphatic rings. The van der Waals surface area contributed by atoms with Crippen LogP contribution >= 0.6 is 0 Å². The third-order valence-electron chi connectivity index (χ3n) is 5.38. The molecule has 0 aromatic rings. The molecule has 2 fully saturated rings. The fraction of sp³-hybridized carbons (Fsp3) is 0.800. The van der Waals surface area contributed by atoms with E-state index in [0.717, 1.165) is 12.8 Å². The third-order valence-corrected chi connectivity index (χ3v) is 5.38. The number of rotatable bonds is 4. The Balaban J connectivity index is 2.44. The number of carbonyl (C=O) groups excluding carboxylic acids is 3. The van der Waals surface area contributed by atoms with E-state index in [9.17, 15) is 14.4 Å². The molecule has 0 unspecified atom stereocenters. The second kappa shape index (κ2) is 5.19. The first-order chi connectivity index (χ1) is 9.47. The lowest BCUT2D eigenvalue weighted by Gasteiger charge is -2.47. The van der Waals surface area contributed by atoms with E-state index >= 15 is 0 Å². The maximum atomic E-state index is 12.9. The van der Waals surface area contributed by atoms with Gasteiger partial charge in [-0.2, -0.15) is 0 Å². The van der Waals surface area contributed by atoms with Gasteiger partial charge in [0, 0.05) is 0 Å². The molecule has 1 aliphatic carbocycles. The Morgan fingerprint density at radius 1 is 1.05 bits per heavy atom. The predicted molar refractivity (Wildman–Crippen MR) is 74.9 cm³/mol. The molecule has 1 saturated carbocycles. The zero-order valence-electron chi connectivity index (χ0n) is 12.6. The van der Waals surface area contributed by atoms with Crippen molar-refractivity contribution in [1.82, 2.24) is 10.2 Å². The summed E-state index contributed by atoms with van der Waals surface area (Å²) >= 11 is 0. The highest BCUT2D eigenvalue weighted by Gasteiger charge is 2.58. The summed E-state index contributed by atoms with van der Waals surface area (Å²) in [5.74, 6) is -0.659. The summed E-state index contributed by atoms with van der Waals surface area (Å²) in [6.07, 6.45) is 5.01. The zero-order valence-corrected chi connectivity index (χ0v) is 12.6. The van der Waals surface area contributed by atoms with Crippen LogP contribution in [-0.2, 0) is 9.59 Å². The highest BCUT2D eigenvalue weighted by molar-refractivity contribution is 6.19. The Morgan fingerprint density at radius 3 is 2.00 bits per heavy atom. The molecule has 1 N–H and O–H groups in total. The molecule has 1 saturated heterocycles. The van der Waals surface area contributed by atoms with Gasteiger partial charge in [0.25, 0.3) is 0 Å². The molecular weight excluding hydrogens is 256 g/mol. The summed E-state index contributed by atoms with van der Waals surface area (Å²) in [5, 5.41) is 2.43. The highest BCUT2D eigenvalue weighted by Crippen LogP contribution is 2.44. The van der Waals surface area contributed by atoms with E-state index in [1.165, 1.54) is 4.90 Å². The van der Waals surface area contributed by atoms with Crippen LogP contribution in [0.5, 0.6) is 0 Å². The molecule has 1 aliphatic heterocycles. The minimum absolute atomic E-state index is 0.269. The van der Waals surface area contributed by atoms with Crippen molar-refractivity contribution in [2.75, 3.05) is 0 Å². The molecule has 0 bridgehead atoms. The standard InChI is InChI=1S/C15H24N2O3/c1-4-14(5-2,6-3)17-12(19)15(9-7-8-10-15)11(18)16-13(17)20/h4-10H2,1-3H3,(H,16,18,20). The first-order valence-corrected chi connectivity index (χ1v) is 7.67. The van der Waals surface area contributed by atoms with Crippen LogP contribution in [-0.4, -0.2) is 28.3 Å². The number of nitrogens with one attached hydrogen (secondary N) is 1. The van der Waals surface area contributed by atoms with Crippen molar-refractivity contribution in [1.29, 1.82) is 0 Å². The van der Waals surface area contributed by atoms with E-state index in [4.69, 9.17) is 0 Å². The van der Waals surface area contributed by atoms with Gasteiger partial charge in [-0.1, -0.05) is 33.6 Å². The van der Waals surface area contributed by atoms with Crippen LogP contribution in [0.1, 0.15) is 65.7 Å². The van der Waals surface area contributed by atoms with Crippen molar-refractivity contribution in [3.63, 3.8) is 0 Å². The van der Waals surface area contributed by atoms with Crippen LogP contribution in [0, 0.1) is 5.41 Å². The molecule has 0 radical (unpaired) electrons. The number of barbiturate groups is 1. The quantitative estimate of drug-likeness (QED) is 0.805. The number of urea groups is 1. The summed E-state index contributed by atoms with van der Waals surface area (Å²) in [4.78, 5) is 38.7. The highest BCUT2D eigenvalue weighted by atomic mass is 16.2. The molecule has 5 heteroatoms. The van der Waals surface area contributed by atoms with E-state index < -0.39 is 22.9 Å². The van der Waals surface area contributed by atoms with Crippen molar-refractivity contribution < 1.29 is 14.4 Å². The molecule has 5 nitrogen and oxygen atoms in total. The molecule has 1 spiro atoms. The smallest absolute Gasteiger partial charge is 0.277 e. The van der Waals surface area contributed by atoms with Crippen molar-refractivity contribution in [3.8, 4) is 0 Å². The zero-order chi connectivity index (χ0) is 15.0. The van der Waals surface area contributed by atoms with Crippen molar-refractivity contribution in [3.05, 3.63) is 0 Å². The summed E-state index contributed by atoms with van der Waals surface area (Å²) in [6.45, 7) is 5.97. The van der Waals surface area contributed by atoms with E-state index in [0.29, 0.717) is 32.1 Å². The normalized spacial score (nSPS) is 22.6. The SMILES string of the molecule is CCC(CC)(CC)N1C(=O)NC(=O)C2(CCCC2)C1=O. The minimum atomic E-state index is -0.987. The first kappa shape index (κ1) is 15.0. The Hall–Kier alpha value is -1.39. The second-order valence-electron chi connectivity index (χ2n) is 5.97. The van der Waals surface area contributed by atoms with Gasteiger partial charge in [0.1, 0.15) is 5.41 Å². The summed E-state index contributed by atoms with van der Waals surface area (Å²) in [7, 11) is 0. The van der Waals surface area contributed by atoms with Crippen LogP contribution in [0.3, 0.4) is 0 Å². The molecule has 0 aromatic heterocycles. The number of carbonyl (C=O) groups is 3. The second-order valence-corrected chi connectivity index (χ2v) is 5.97. The van der Waals surface area contributed by atoms with Crippen LogP contribution in [0.25, 0.3) is 0 Å². The van der Waals surface area contributed by atoms with Gasteiger partial charge in [0.15, 0.2) is 0 Å². The molecule has 20 heavy (non-hydrogen) atoms. The summed E-state index contributed by atoms with van der Waals surface area (Å²) < 4.78 is 0. The van der Waals surface area contributed by atoms with E-state index in [1.54, 1.807) is 0 Å². The summed E-state index contributed by atoms with van der Waals surface area (Å²) in [5.41, 5.74) is -1.46. The van der Waals surface area contributed by atoms with Crippen molar-refractivity contribution >= 4 is 17.8 Å². The lowest BCUT2D eigenvalue weighted by Crippen LogP contribution is -2.68. The van der Waals surface area contributed by atoms with Crippen LogP contribution < -0.4 is 5.32 Å². The van der Waals surface area contributed by atoms with Gasteiger partial charge in [-0.15, -0.1) is 0 Å². The third kappa shape index (κ3) is 1.86. The number of amides is 4. The van der Waals surface area contributed by atoms with Crippen LogP contribution in [0.4, 0.5) is 4.79 Å². The van der Waals surface area contributed by atoms with Gasteiger partial charge in [0.2, 0.25) is 11.8 Å². The van der Waals surface area contributed by atoms with Gasteiger partial charge in [-0.25, -0.2) is 4.79 Å². The Labute approximate surface area is 120 Å². The average molecular weight is 280 g/mol. The molecule has 0 atom stereocenters. The number of nitrogens with zero attached hydrogens (tertiary/aromatic N) is 1. The van der Waals surface area contributed by atoms with Crippen molar-refractivity contribution in [2.45, 2.75) is 71.3 Å². The molecule has 4 amide bonds. The van der Waals surface area contributed by atoms with Gasteiger partial charge < -0.3 is 0 Å². The molecular formula is C15H24N2O3. The lowest BCUT2D eigenvalue weighted by atomic mass is 9.78. The molecule has 112 valence electrons. The van der Waals surface area contributed by atoms with E-state index in [-0.39, 0.29) is 5.91 Å². The van der Waals surface area contributed by atoms with Gasteiger partial charge in [0.05, 0.1) is 5.54 Å². The Bertz CT molecular complexity index is 426. The predicted octanol–water partition coefficient (Wildman–Crippen LogP) is 2.59. The molecule has 2 rings (SSSR count). The number of hydrogen-bond acceptors (Lipinski definition) is 3. The largest absolute Gasteiger partial charge is 0.331 e. The van der Waals surface area contributed by atoms with Crippen LogP contribution in [0.2, 0.25) is 0 Å². The van der Waals surface area contributed by atoms with Gasteiger partial charge in [-0.05, 0) is 32.1 Å². The Kier molecular flexibility index (Phi) is 3.89. The number of hydrogen-bond donors (Lipinski definition) is 1. The molecule has 1 heterocycles. The first-order valence-electron chi connectivity index (χ1n) is 7.67. The van der Waals surface area contributed by atoms with E-state index in [1.807, 2.05) is 20.8 Å². The lowest BCUT2D eigenvalue weighted by molar-refractivity contribution is -0.155. The fourth-order valence-electron chi connectivity index (χ4n) is 3.75. The fourth-order valence-corrected chi connectivity index (χ4v) is 3.75. The Morgan fingerprint density at radius 2 is 1.55 bits per heavy atom. The topological polar surface area (TPSA) is 66.5 Å². The average Bonchev–Trinajstić information content (AvgIpc) is 2.93. The van der Waals surface area contributed by atoms with Crippen LogP contribution in [0.15, 0.2) is 0 Å².